The number of nitrogens with zero attached hydrogens (tertiary/aromatic N) is 5. The lowest BCUT2D eigenvalue weighted by Gasteiger charge is -2.45. The number of hydrogen-bond donors (Lipinski definition) is 0. The maximum absolute atomic E-state index is 13.7. The van der Waals surface area contributed by atoms with Gasteiger partial charge in [-0.25, -0.2) is 22.5 Å². The molecule has 40 heavy (non-hydrogen) atoms. The second-order valence-corrected chi connectivity index (χ2v) is 12.1. The molecular weight excluding hydrogens is 547 g/mol. The third kappa shape index (κ3) is 5.02. The lowest BCUT2D eigenvalue weighted by atomic mass is 9.69. The first-order valence-corrected chi connectivity index (χ1v) is 14.4. The van der Waals surface area contributed by atoms with E-state index in [1.54, 1.807) is 29.1 Å². The summed E-state index contributed by atoms with van der Waals surface area (Å²) in [4.78, 5) is 6.46. The van der Waals surface area contributed by atoms with Gasteiger partial charge in [-0.15, -0.1) is 0 Å². The van der Waals surface area contributed by atoms with E-state index < -0.39 is 22.0 Å². The maximum atomic E-state index is 13.7. The predicted molar refractivity (Wildman–Crippen MR) is 140 cm³/mol. The molecule has 3 aromatic rings. The van der Waals surface area contributed by atoms with Crippen molar-refractivity contribution in [2.24, 2.45) is 5.41 Å². The van der Waals surface area contributed by atoms with E-state index in [1.807, 2.05) is 11.0 Å². The molecule has 0 amide bonds. The number of fused-ring (bicyclic) bond motifs is 2. The van der Waals surface area contributed by atoms with Gasteiger partial charge in [0.15, 0.2) is 0 Å². The summed E-state index contributed by atoms with van der Waals surface area (Å²) in [5.41, 5.74) is 2.00. The monoisotopic (exact) mass is 575 g/mol. The van der Waals surface area contributed by atoms with Crippen LogP contribution in [-0.4, -0.2) is 80.1 Å². The van der Waals surface area contributed by atoms with E-state index in [4.69, 9.17) is 9.47 Å². The van der Waals surface area contributed by atoms with Crippen LogP contribution in [0.25, 0.3) is 11.8 Å². The smallest absolute Gasteiger partial charge is 0.345 e. The summed E-state index contributed by atoms with van der Waals surface area (Å²) in [7, 11) is -3.95. The Bertz CT molecular complexity index is 1510. The average Bonchev–Trinajstić information content (AvgIpc) is 3.37. The van der Waals surface area contributed by atoms with Crippen LogP contribution in [0.4, 0.5) is 19.0 Å². The van der Waals surface area contributed by atoms with Crippen molar-refractivity contribution in [2.75, 3.05) is 50.9 Å². The molecule has 0 N–H and O–H groups in total. The SMILES string of the molecule is O=S(=O)(c1ccc(N2CCOCC2)nc1)N1CCC2=Cc3c(cnn3-c3ccc(F)cc3)CC2(COC(F)F)C1. The van der Waals surface area contributed by atoms with E-state index in [0.29, 0.717) is 44.2 Å². The zero-order valence-electron chi connectivity index (χ0n) is 21.5. The summed E-state index contributed by atoms with van der Waals surface area (Å²) < 4.78 is 80.5. The number of halogens is 3. The first kappa shape index (κ1) is 26.9. The molecule has 9 nitrogen and oxygen atoms in total. The number of alkyl halides is 2. The fourth-order valence-electron chi connectivity index (χ4n) is 5.69. The van der Waals surface area contributed by atoms with Gasteiger partial charge in [-0.1, -0.05) is 5.57 Å². The molecule has 2 fully saturated rings. The zero-order chi connectivity index (χ0) is 27.9. The molecule has 3 aliphatic rings. The van der Waals surface area contributed by atoms with Gasteiger partial charge in [0.05, 0.1) is 37.4 Å². The molecule has 0 bridgehead atoms. The largest absolute Gasteiger partial charge is 0.378 e. The second-order valence-electron chi connectivity index (χ2n) is 10.2. The normalized spacial score (nSPS) is 21.7. The number of rotatable bonds is 7. The van der Waals surface area contributed by atoms with Crippen LogP contribution >= 0.6 is 0 Å². The van der Waals surface area contributed by atoms with E-state index in [9.17, 15) is 21.6 Å². The molecule has 6 rings (SSSR count). The van der Waals surface area contributed by atoms with E-state index in [1.165, 1.54) is 28.7 Å². The Hall–Kier alpha value is -3.26. The lowest BCUT2D eigenvalue weighted by Crippen LogP contribution is -2.51. The number of sulfonamides is 1. The zero-order valence-corrected chi connectivity index (χ0v) is 22.4. The van der Waals surface area contributed by atoms with Gasteiger partial charge >= 0.3 is 6.61 Å². The molecule has 212 valence electrons. The quantitative estimate of drug-likeness (QED) is 0.426. The van der Waals surface area contributed by atoms with Crippen LogP contribution in [0.5, 0.6) is 0 Å². The highest BCUT2D eigenvalue weighted by Gasteiger charge is 2.46. The molecule has 2 aromatic heterocycles. The van der Waals surface area contributed by atoms with Crippen LogP contribution in [0.3, 0.4) is 0 Å². The number of ether oxygens (including phenoxy) is 2. The van der Waals surface area contributed by atoms with Crippen molar-refractivity contribution in [3.63, 3.8) is 0 Å². The van der Waals surface area contributed by atoms with Crippen molar-refractivity contribution in [3.05, 3.63) is 71.4 Å². The van der Waals surface area contributed by atoms with Crippen molar-refractivity contribution in [1.82, 2.24) is 19.1 Å². The third-order valence-electron chi connectivity index (χ3n) is 7.77. The van der Waals surface area contributed by atoms with Gasteiger partial charge < -0.3 is 14.4 Å². The molecule has 1 aliphatic carbocycles. The highest BCUT2D eigenvalue weighted by molar-refractivity contribution is 7.89. The van der Waals surface area contributed by atoms with Crippen LogP contribution in [0, 0.1) is 11.2 Å². The van der Waals surface area contributed by atoms with Crippen molar-refractivity contribution in [2.45, 2.75) is 24.3 Å². The molecule has 0 radical (unpaired) electrons. The number of pyridine rings is 1. The van der Waals surface area contributed by atoms with E-state index >= 15 is 0 Å². The van der Waals surface area contributed by atoms with Gasteiger partial charge in [0.25, 0.3) is 0 Å². The van der Waals surface area contributed by atoms with Crippen molar-refractivity contribution in [3.8, 4) is 5.69 Å². The Morgan fingerprint density at radius 1 is 1.05 bits per heavy atom. The molecule has 2 aliphatic heterocycles. The molecule has 13 heteroatoms. The molecule has 1 atom stereocenters. The Morgan fingerprint density at radius 3 is 2.52 bits per heavy atom. The summed E-state index contributed by atoms with van der Waals surface area (Å²) in [6.45, 7) is -0.687. The second kappa shape index (κ2) is 10.6. The van der Waals surface area contributed by atoms with Crippen molar-refractivity contribution >= 4 is 21.9 Å². The Labute approximate surface area is 229 Å². The number of hydrogen-bond acceptors (Lipinski definition) is 7. The van der Waals surface area contributed by atoms with Crippen LogP contribution < -0.4 is 4.90 Å². The minimum atomic E-state index is -3.95. The Kier molecular flexibility index (Phi) is 7.15. The van der Waals surface area contributed by atoms with Crippen LogP contribution in [-0.2, 0) is 25.9 Å². The summed E-state index contributed by atoms with van der Waals surface area (Å²) in [5.74, 6) is 0.303. The van der Waals surface area contributed by atoms with Gasteiger partial charge in [0.1, 0.15) is 16.5 Å². The van der Waals surface area contributed by atoms with Gasteiger partial charge in [0.2, 0.25) is 10.0 Å². The molecule has 1 unspecified atom stereocenters. The Morgan fingerprint density at radius 2 is 1.82 bits per heavy atom. The van der Waals surface area contributed by atoms with E-state index in [2.05, 4.69) is 10.1 Å². The molecule has 1 aromatic carbocycles. The summed E-state index contributed by atoms with van der Waals surface area (Å²) >= 11 is 0. The first-order chi connectivity index (χ1) is 19.2. The van der Waals surface area contributed by atoms with Crippen molar-refractivity contribution in [1.29, 1.82) is 0 Å². The maximum Gasteiger partial charge on any atom is 0.345 e. The van der Waals surface area contributed by atoms with E-state index in [-0.39, 0.29) is 36.8 Å². The molecule has 4 heterocycles. The van der Waals surface area contributed by atoms with Gasteiger partial charge in [-0.3, -0.25) is 0 Å². The minimum absolute atomic E-state index is 0.0275. The van der Waals surface area contributed by atoms with Gasteiger partial charge in [0, 0.05) is 37.8 Å². The fourth-order valence-corrected chi connectivity index (χ4v) is 7.17. The standard InChI is InChI=1S/C27H28F3N5O4S/c28-21-1-3-22(4-2-21)35-24-13-20-7-8-34(17-27(20,18-39-26(29)30)14-19(24)15-32-35)40(36,37)23-5-6-25(31-16-23)33-9-11-38-12-10-33/h1-6,13,15-16,26H,7-12,14,17-18H2. The highest BCUT2D eigenvalue weighted by Crippen LogP contribution is 2.45. The van der Waals surface area contributed by atoms with Crippen LogP contribution in [0.2, 0.25) is 0 Å². The third-order valence-corrected chi connectivity index (χ3v) is 9.60. The van der Waals surface area contributed by atoms with E-state index in [0.717, 1.165) is 16.8 Å². The molecule has 0 saturated carbocycles. The summed E-state index contributed by atoms with van der Waals surface area (Å²) in [6.07, 6.45) is 5.46. The number of anilines is 1. The first-order valence-electron chi connectivity index (χ1n) is 13.0. The van der Waals surface area contributed by atoms with Crippen molar-refractivity contribution < 1.29 is 31.1 Å². The molecule has 2 saturated heterocycles. The molecule has 0 spiro atoms. The summed E-state index contributed by atoms with van der Waals surface area (Å²) in [6, 6.07) is 9.11. The van der Waals surface area contributed by atoms with Crippen LogP contribution in [0.15, 0.2) is 59.3 Å². The average molecular weight is 576 g/mol. The lowest BCUT2D eigenvalue weighted by molar-refractivity contribution is -0.150. The number of aromatic nitrogens is 3. The number of benzene rings is 1. The summed E-state index contributed by atoms with van der Waals surface area (Å²) in [5, 5.41) is 4.45. The predicted octanol–water partition coefficient (Wildman–Crippen LogP) is 3.50. The minimum Gasteiger partial charge on any atom is -0.378 e. The fraction of sp³-hybridized carbons (Fsp3) is 0.407. The topological polar surface area (TPSA) is 89.8 Å². The van der Waals surface area contributed by atoms with Gasteiger partial charge in [-0.05, 0) is 60.9 Å². The number of piperidine rings is 1. The molecular formula is C27H28F3N5O4S. The van der Waals surface area contributed by atoms with Crippen LogP contribution in [0.1, 0.15) is 17.7 Å². The van der Waals surface area contributed by atoms with Gasteiger partial charge in [-0.2, -0.15) is 18.2 Å². The number of morpholine rings is 1. The highest BCUT2D eigenvalue weighted by atomic mass is 32.2. The Balaban J connectivity index is 1.29.